The Morgan fingerprint density at radius 1 is 1.12 bits per heavy atom. The standard InChI is InChI=1S/C12H26N2O2/c1-5-7-11-16-12(15-6-2)13-9-8-10-14(3)4/h5-11H2,1-4H3. The lowest BCUT2D eigenvalue weighted by atomic mass is 10.4. The first-order valence-corrected chi connectivity index (χ1v) is 6.15. The highest BCUT2D eigenvalue weighted by atomic mass is 16.7. The lowest BCUT2D eigenvalue weighted by Gasteiger charge is -2.10. The van der Waals surface area contributed by atoms with Crippen LogP contribution in [0.1, 0.15) is 33.1 Å². The van der Waals surface area contributed by atoms with Gasteiger partial charge >= 0.3 is 6.08 Å². The summed E-state index contributed by atoms with van der Waals surface area (Å²) in [5.41, 5.74) is 0. The van der Waals surface area contributed by atoms with Crippen LogP contribution >= 0.6 is 0 Å². The van der Waals surface area contributed by atoms with Gasteiger partial charge in [0, 0.05) is 6.54 Å². The van der Waals surface area contributed by atoms with E-state index >= 15 is 0 Å². The van der Waals surface area contributed by atoms with Crippen molar-refractivity contribution in [3.63, 3.8) is 0 Å². The zero-order chi connectivity index (χ0) is 12.2. The molecule has 0 N–H and O–H groups in total. The van der Waals surface area contributed by atoms with Crippen molar-refractivity contribution in [1.29, 1.82) is 0 Å². The van der Waals surface area contributed by atoms with Crippen LogP contribution in [0.15, 0.2) is 4.99 Å². The van der Waals surface area contributed by atoms with E-state index in [0.29, 0.717) is 19.3 Å². The van der Waals surface area contributed by atoms with Crippen molar-refractivity contribution < 1.29 is 9.47 Å². The second kappa shape index (κ2) is 10.7. The largest absolute Gasteiger partial charge is 0.451 e. The highest BCUT2D eigenvalue weighted by Gasteiger charge is 2.00. The summed E-state index contributed by atoms with van der Waals surface area (Å²) >= 11 is 0. The van der Waals surface area contributed by atoms with Crippen molar-refractivity contribution in [3.05, 3.63) is 0 Å². The zero-order valence-electron chi connectivity index (χ0n) is 11.2. The van der Waals surface area contributed by atoms with E-state index in [-0.39, 0.29) is 0 Å². The summed E-state index contributed by atoms with van der Waals surface area (Å²) in [5.74, 6) is 0. The maximum absolute atomic E-state index is 5.44. The number of hydrogen-bond donors (Lipinski definition) is 0. The minimum Gasteiger partial charge on any atom is -0.451 e. The highest BCUT2D eigenvalue weighted by Crippen LogP contribution is 1.94. The fourth-order valence-corrected chi connectivity index (χ4v) is 1.12. The van der Waals surface area contributed by atoms with Crippen LogP contribution in [0.2, 0.25) is 0 Å². The maximum Gasteiger partial charge on any atom is 0.383 e. The van der Waals surface area contributed by atoms with Crippen molar-refractivity contribution in [3.8, 4) is 0 Å². The van der Waals surface area contributed by atoms with Crippen LogP contribution in [0.5, 0.6) is 0 Å². The van der Waals surface area contributed by atoms with Crippen LogP contribution in [-0.4, -0.2) is 51.4 Å². The molecule has 0 unspecified atom stereocenters. The number of hydrogen-bond acceptors (Lipinski definition) is 4. The van der Waals surface area contributed by atoms with Crippen LogP contribution in [0, 0.1) is 0 Å². The van der Waals surface area contributed by atoms with Gasteiger partial charge in [0.15, 0.2) is 0 Å². The molecular formula is C12H26N2O2. The molecule has 0 heterocycles. The van der Waals surface area contributed by atoms with Crippen molar-refractivity contribution in [2.24, 2.45) is 4.99 Å². The first kappa shape index (κ1) is 15.2. The average molecular weight is 230 g/mol. The van der Waals surface area contributed by atoms with E-state index in [1.54, 1.807) is 0 Å². The highest BCUT2D eigenvalue weighted by molar-refractivity contribution is 5.66. The number of ether oxygens (including phenoxy) is 2. The van der Waals surface area contributed by atoms with Gasteiger partial charge < -0.3 is 14.4 Å². The molecule has 0 aromatic carbocycles. The Balaban J connectivity index is 3.74. The molecule has 0 radical (unpaired) electrons. The first-order chi connectivity index (χ1) is 7.70. The van der Waals surface area contributed by atoms with Gasteiger partial charge in [0.2, 0.25) is 0 Å². The monoisotopic (exact) mass is 230 g/mol. The molecule has 0 rings (SSSR count). The summed E-state index contributed by atoms with van der Waals surface area (Å²) in [6.45, 7) is 7.19. The molecular weight excluding hydrogens is 204 g/mol. The predicted octanol–water partition coefficient (Wildman–Crippen LogP) is 2.15. The minimum absolute atomic E-state index is 0.453. The van der Waals surface area contributed by atoms with Crippen molar-refractivity contribution >= 4 is 6.08 Å². The predicted molar refractivity (Wildman–Crippen MR) is 68.0 cm³/mol. The van der Waals surface area contributed by atoms with Crippen LogP contribution in [0.25, 0.3) is 0 Å². The van der Waals surface area contributed by atoms with E-state index in [1.165, 1.54) is 0 Å². The first-order valence-electron chi connectivity index (χ1n) is 6.15. The Morgan fingerprint density at radius 2 is 1.88 bits per heavy atom. The molecule has 0 atom stereocenters. The molecule has 16 heavy (non-hydrogen) atoms. The third kappa shape index (κ3) is 9.77. The molecule has 0 saturated carbocycles. The van der Waals surface area contributed by atoms with Crippen LogP contribution < -0.4 is 0 Å². The molecule has 0 aromatic rings. The van der Waals surface area contributed by atoms with Gasteiger partial charge in [0.25, 0.3) is 0 Å². The quantitative estimate of drug-likeness (QED) is 0.364. The van der Waals surface area contributed by atoms with Gasteiger partial charge in [-0.05, 0) is 40.4 Å². The molecule has 0 amide bonds. The van der Waals surface area contributed by atoms with E-state index in [2.05, 4.69) is 30.9 Å². The second-order valence-electron chi connectivity index (χ2n) is 3.94. The zero-order valence-corrected chi connectivity index (χ0v) is 11.2. The van der Waals surface area contributed by atoms with E-state index in [1.807, 2.05) is 6.92 Å². The van der Waals surface area contributed by atoms with Gasteiger partial charge in [-0.25, -0.2) is 4.99 Å². The molecule has 0 aliphatic carbocycles. The van der Waals surface area contributed by atoms with Crippen molar-refractivity contribution in [2.75, 3.05) is 40.4 Å². The van der Waals surface area contributed by atoms with Gasteiger partial charge in [-0.2, -0.15) is 0 Å². The molecule has 0 aliphatic rings. The molecule has 0 fully saturated rings. The Kier molecular flexibility index (Phi) is 10.2. The molecule has 4 nitrogen and oxygen atoms in total. The molecule has 0 bridgehead atoms. The third-order valence-corrected chi connectivity index (χ3v) is 2.00. The molecule has 96 valence electrons. The second-order valence-corrected chi connectivity index (χ2v) is 3.94. The van der Waals surface area contributed by atoms with Crippen LogP contribution in [0.4, 0.5) is 0 Å². The van der Waals surface area contributed by atoms with Crippen LogP contribution in [-0.2, 0) is 9.47 Å². The normalized spacial score (nSPS) is 11.9. The van der Waals surface area contributed by atoms with E-state index < -0.39 is 0 Å². The summed E-state index contributed by atoms with van der Waals surface area (Å²) in [6, 6.07) is 0. The fourth-order valence-electron chi connectivity index (χ4n) is 1.12. The summed E-state index contributed by atoms with van der Waals surface area (Å²) in [5, 5.41) is 0. The maximum atomic E-state index is 5.44. The summed E-state index contributed by atoms with van der Waals surface area (Å²) in [6.07, 6.45) is 3.65. The van der Waals surface area contributed by atoms with Gasteiger partial charge in [-0.15, -0.1) is 0 Å². The van der Waals surface area contributed by atoms with Gasteiger partial charge in [0.1, 0.15) is 0 Å². The lowest BCUT2D eigenvalue weighted by molar-refractivity contribution is 0.169. The topological polar surface area (TPSA) is 34.1 Å². The van der Waals surface area contributed by atoms with Crippen molar-refractivity contribution in [1.82, 2.24) is 4.90 Å². The summed E-state index contributed by atoms with van der Waals surface area (Å²) in [4.78, 5) is 6.45. The Morgan fingerprint density at radius 3 is 2.44 bits per heavy atom. The number of aliphatic imine (C=N–C) groups is 1. The number of unbranched alkanes of at least 4 members (excludes halogenated alkanes) is 1. The summed E-state index contributed by atoms with van der Waals surface area (Å²) in [7, 11) is 4.12. The SMILES string of the molecule is CCCCOC(=NCCCN(C)C)OCC. The molecule has 0 spiro atoms. The molecule has 0 saturated heterocycles. The lowest BCUT2D eigenvalue weighted by Crippen LogP contribution is -2.15. The smallest absolute Gasteiger partial charge is 0.383 e. The number of rotatable bonds is 8. The Labute approximate surface area is 99.6 Å². The van der Waals surface area contributed by atoms with Crippen molar-refractivity contribution in [2.45, 2.75) is 33.1 Å². The van der Waals surface area contributed by atoms with Gasteiger partial charge in [0.05, 0.1) is 13.2 Å². The van der Waals surface area contributed by atoms with Crippen LogP contribution in [0.3, 0.4) is 0 Å². The molecule has 0 aliphatic heterocycles. The van der Waals surface area contributed by atoms with Gasteiger partial charge in [-0.3, -0.25) is 0 Å². The Hall–Kier alpha value is -0.770. The van der Waals surface area contributed by atoms with Gasteiger partial charge in [-0.1, -0.05) is 13.3 Å². The fraction of sp³-hybridized carbons (Fsp3) is 0.917. The van der Waals surface area contributed by atoms with E-state index in [0.717, 1.165) is 32.4 Å². The molecule has 4 heteroatoms. The van der Waals surface area contributed by atoms with E-state index in [4.69, 9.17) is 9.47 Å². The summed E-state index contributed by atoms with van der Waals surface area (Å²) < 4.78 is 10.8. The third-order valence-electron chi connectivity index (χ3n) is 2.00. The minimum atomic E-state index is 0.453. The average Bonchev–Trinajstić information content (AvgIpc) is 2.24. The van der Waals surface area contributed by atoms with E-state index in [9.17, 15) is 0 Å². The number of nitrogens with zero attached hydrogens (tertiary/aromatic N) is 2. The molecule has 0 aromatic heterocycles. The Bertz CT molecular complexity index is 182.